The average Bonchev–Trinajstić information content (AvgIpc) is 3.14. The van der Waals surface area contributed by atoms with Crippen molar-refractivity contribution in [2.75, 3.05) is 36.0 Å². The molecule has 0 unspecified atom stereocenters. The Morgan fingerprint density at radius 3 is 1.61 bits per heavy atom. The number of carbonyl (C=O) groups excluding carboxylic acids is 1. The van der Waals surface area contributed by atoms with Crippen LogP contribution in [0.15, 0.2) is 60.7 Å². The highest BCUT2D eigenvalue weighted by atomic mass is 16.6. The first kappa shape index (κ1) is 22.8. The number of benzene rings is 2. The zero-order chi connectivity index (χ0) is 23.6. The molecule has 0 radical (unpaired) electrons. The Morgan fingerprint density at radius 1 is 0.727 bits per heavy atom. The van der Waals surface area contributed by atoms with E-state index in [1.165, 1.54) is 0 Å². The molecule has 0 saturated carbocycles. The van der Waals surface area contributed by atoms with E-state index < -0.39 is 5.60 Å². The van der Waals surface area contributed by atoms with Crippen molar-refractivity contribution in [2.24, 2.45) is 0 Å². The molecule has 0 spiro atoms. The molecule has 4 rings (SSSR count). The zero-order valence-electron chi connectivity index (χ0n) is 20.3. The molecule has 172 valence electrons. The smallest absolute Gasteiger partial charge is 0.358 e. The molecule has 2 heterocycles. The fourth-order valence-electron chi connectivity index (χ4n) is 4.83. The monoisotopic (exact) mass is 443 g/mol. The van der Waals surface area contributed by atoms with E-state index in [0.29, 0.717) is 5.69 Å². The fraction of sp³-hybridized carbons (Fsp3) is 0.357. The lowest BCUT2D eigenvalue weighted by molar-refractivity contribution is 0.0249. The Balaban J connectivity index is 1.88. The number of hydrogen-bond acceptors (Lipinski definition) is 5. The highest BCUT2D eigenvalue weighted by molar-refractivity contribution is 5.94. The molecule has 0 saturated heterocycles. The molecule has 5 nitrogen and oxygen atoms in total. The summed E-state index contributed by atoms with van der Waals surface area (Å²) in [5.41, 5.74) is 5.13. The molecule has 0 bridgehead atoms. The topological polar surface area (TPSA) is 45.7 Å². The van der Waals surface area contributed by atoms with E-state index >= 15 is 0 Å². The molecule has 0 N–H and O–H groups in total. The van der Waals surface area contributed by atoms with E-state index in [1.54, 1.807) is 0 Å². The molecular formula is C28H33N3O2. The molecule has 0 aliphatic carbocycles. The molecule has 3 aromatic rings. The normalized spacial score (nSPS) is 14.0. The minimum Gasteiger partial charge on any atom is -0.439 e. The number of cyclic esters (lactones) is 1. The van der Waals surface area contributed by atoms with Crippen LogP contribution in [0.5, 0.6) is 0 Å². The number of aromatic nitrogens is 1. The van der Waals surface area contributed by atoms with Crippen LogP contribution in [-0.2, 0) is 10.3 Å². The van der Waals surface area contributed by atoms with E-state index in [2.05, 4.69) is 91.0 Å². The molecule has 0 atom stereocenters. The van der Waals surface area contributed by atoms with Gasteiger partial charge in [-0.25, -0.2) is 9.78 Å². The van der Waals surface area contributed by atoms with Gasteiger partial charge in [0.15, 0.2) is 11.3 Å². The Bertz CT molecular complexity index is 1060. The lowest BCUT2D eigenvalue weighted by Gasteiger charge is -2.31. The van der Waals surface area contributed by atoms with Crippen LogP contribution in [0.4, 0.5) is 11.4 Å². The summed E-state index contributed by atoms with van der Waals surface area (Å²) in [6, 6.07) is 20.7. The summed E-state index contributed by atoms with van der Waals surface area (Å²) in [6.45, 7) is 14.3. The van der Waals surface area contributed by atoms with Gasteiger partial charge >= 0.3 is 5.97 Å². The van der Waals surface area contributed by atoms with Gasteiger partial charge in [0.25, 0.3) is 0 Å². The number of anilines is 2. The van der Waals surface area contributed by atoms with Crippen LogP contribution in [0.3, 0.4) is 0 Å². The third-order valence-electron chi connectivity index (χ3n) is 6.66. The maximum atomic E-state index is 13.0. The predicted molar refractivity (Wildman–Crippen MR) is 134 cm³/mol. The minimum atomic E-state index is -1.02. The van der Waals surface area contributed by atoms with Crippen molar-refractivity contribution in [1.82, 2.24) is 4.98 Å². The number of ether oxygens (including phenoxy) is 1. The van der Waals surface area contributed by atoms with Crippen molar-refractivity contribution in [1.29, 1.82) is 0 Å². The van der Waals surface area contributed by atoms with E-state index in [0.717, 1.165) is 59.9 Å². The number of rotatable bonds is 8. The second-order valence-electron chi connectivity index (χ2n) is 8.36. The Labute approximate surface area is 197 Å². The van der Waals surface area contributed by atoms with Gasteiger partial charge in [-0.05, 0) is 65.0 Å². The third kappa shape index (κ3) is 3.86. The van der Waals surface area contributed by atoms with Crippen molar-refractivity contribution in [3.05, 3.63) is 88.7 Å². The Hall–Kier alpha value is -3.34. The van der Waals surface area contributed by atoms with Gasteiger partial charge in [-0.15, -0.1) is 0 Å². The largest absolute Gasteiger partial charge is 0.439 e. The van der Waals surface area contributed by atoms with Crippen LogP contribution in [-0.4, -0.2) is 37.1 Å². The SMILES string of the molecule is CCN(CC)c1ccc(C2(c3ccc(N(CC)CC)cc3)OC(=O)c3nc(C)ccc32)cc1. The van der Waals surface area contributed by atoms with E-state index in [4.69, 9.17) is 4.74 Å². The summed E-state index contributed by atoms with van der Waals surface area (Å²) >= 11 is 0. The molecule has 2 aromatic carbocycles. The van der Waals surface area contributed by atoms with Gasteiger partial charge in [0.05, 0.1) is 0 Å². The number of hydrogen-bond donors (Lipinski definition) is 0. The Morgan fingerprint density at radius 2 is 1.18 bits per heavy atom. The van der Waals surface area contributed by atoms with Gasteiger partial charge < -0.3 is 14.5 Å². The predicted octanol–water partition coefficient (Wildman–Crippen LogP) is 5.54. The van der Waals surface area contributed by atoms with Crippen molar-refractivity contribution >= 4 is 17.3 Å². The van der Waals surface area contributed by atoms with E-state index in [9.17, 15) is 4.79 Å². The quantitative estimate of drug-likeness (QED) is 0.428. The molecule has 0 amide bonds. The van der Waals surface area contributed by atoms with Gasteiger partial charge in [-0.3, -0.25) is 0 Å². The number of nitrogens with zero attached hydrogens (tertiary/aromatic N) is 3. The summed E-state index contributed by atoms with van der Waals surface area (Å²) in [5.74, 6) is -0.380. The molecule has 1 aliphatic heterocycles. The maximum absolute atomic E-state index is 13.0. The number of aryl methyl sites for hydroxylation is 1. The molecule has 33 heavy (non-hydrogen) atoms. The van der Waals surface area contributed by atoms with E-state index in [-0.39, 0.29) is 5.97 Å². The first-order valence-electron chi connectivity index (χ1n) is 11.9. The molecule has 0 fully saturated rings. The molecule has 1 aromatic heterocycles. The minimum absolute atomic E-state index is 0.380. The molecule has 1 aliphatic rings. The molecular weight excluding hydrogens is 410 g/mol. The van der Waals surface area contributed by atoms with Crippen LogP contribution in [0.2, 0.25) is 0 Å². The van der Waals surface area contributed by atoms with Crippen molar-refractivity contribution in [2.45, 2.75) is 40.2 Å². The fourth-order valence-corrected chi connectivity index (χ4v) is 4.83. The standard InChI is InChI=1S/C28H33N3O2/c1-6-30(7-2)23-15-11-21(12-16-23)28(22-13-17-24(18-14-22)31(8-3)9-4)25-19-10-20(5)29-26(25)27(32)33-28/h10-19H,6-9H2,1-5H3. The van der Waals surface area contributed by atoms with Gasteiger partial charge in [0, 0.05) is 59.9 Å². The lowest BCUT2D eigenvalue weighted by Crippen LogP contribution is -2.30. The van der Waals surface area contributed by atoms with Gasteiger partial charge in [-0.1, -0.05) is 30.3 Å². The second kappa shape index (κ2) is 9.26. The second-order valence-corrected chi connectivity index (χ2v) is 8.36. The van der Waals surface area contributed by atoms with Crippen LogP contribution in [0.25, 0.3) is 0 Å². The van der Waals surface area contributed by atoms with E-state index in [1.807, 2.05) is 19.1 Å². The summed E-state index contributed by atoms with van der Waals surface area (Å²) < 4.78 is 6.22. The first-order valence-corrected chi connectivity index (χ1v) is 11.9. The van der Waals surface area contributed by atoms with Crippen LogP contribution < -0.4 is 9.80 Å². The number of carbonyl (C=O) groups is 1. The van der Waals surface area contributed by atoms with Crippen LogP contribution in [0, 0.1) is 6.92 Å². The number of fused-ring (bicyclic) bond motifs is 1. The summed E-state index contributed by atoms with van der Waals surface area (Å²) in [5, 5.41) is 0. The van der Waals surface area contributed by atoms with Crippen LogP contribution in [0.1, 0.15) is 60.6 Å². The highest BCUT2D eigenvalue weighted by Crippen LogP contribution is 2.47. The maximum Gasteiger partial charge on any atom is 0.358 e. The van der Waals surface area contributed by atoms with Crippen molar-refractivity contribution < 1.29 is 9.53 Å². The van der Waals surface area contributed by atoms with Gasteiger partial charge in [0.1, 0.15) is 0 Å². The number of esters is 1. The van der Waals surface area contributed by atoms with Gasteiger partial charge in [-0.2, -0.15) is 0 Å². The Kier molecular flexibility index (Phi) is 6.41. The van der Waals surface area contributed by atoms with Crippen molar-refractivity contribution in [3.8, 4) is 0 Å². The van der Waals surface area contributed by atoms with Crippen molar-refractivity contribution in [3.63, 3.8) is 0 Å². The average molecular weight is 444 g/mol. The summed E-state index contributed by atoms with van der Waals surface area (Å²) in [4.78, 5) is 22.1. The highest BCUT2D eigenvalue weighted by Gasteiger charge is 2.49. The zero-order valence-corrected chi connectivity index (χ0v) is 20.3. The van der Waals surface area contributed by atoms with Crippen LogP contribution >= 0.6 is 0 Å². The summed E-state index contributed by atoms with van der Waals surface area (Å²) in [7, 11) is 0. The molecule has 5 heteroatoms. The first-order chi connectivity index (χ1) is 16.0. The summed E-state index contributed by atoms with van der Waals surface area (Å²) in [6.07, 6.45) is 0. The van der Waals surface area contributed by atoms with Gasteiger partial charge in [0.2, 0.25) is 0 Å². The lowest BCUT2D eigenvalue weighted by atomic mass is 9.80. The number of pyridine rings is 1. The third-order valence-corrected chi connectivity index (χ3v) is 6.66.